The molecule has 0 aliphatic heterocycles. The first-order chi connectivity index (χ1) is 7.65. The highest BCUT2D eigenvalue weighted by atomic mass is 79.9. The van der Waals surface area contributed by atoms with Gasteiger partial charge in [-0.05, 0) is 31.0 Å². The van der Waals surface area contributed by atoms with E-state index in [0.29, 0.717) is 12.8 Å². The molecule has 4 heteroatoms. The first-order valence-corrected chi connectivity index (χ1v) is 6.08. The Morgan fingerprint density at radius 2 is 2.25 bits per heavy atom. The fourth-order valence-corrected chi connectivity index (χ4v) is 2.17. The largest absolute Gasteiger partial charge is 0.487 e. The Hall–Kier alpha value is -0.900. The fraction of sp³-hybridized carbons (Fsp3) is 0.417. The molecule has 1 aromatic rings. The quantitative estimate of drug-likeness (QED) is 0.832. The number of halogens is 2. The maximum absolute atomic E-state index is 13.4. The number of hydrogen-bond donors (Lipinski definition) is 0. The number of ketones is 1. The minimum atomic E-state index is -0.388. The van der Waals surface area contributed by atoms with Crippen molar-refractivity contribution in [2.45, 2.75) is 31.8 Å². The molecule has 1 aliphatic carbocycles. The summed E-state index contributed by atoms with van der Waals surface area (Å²) in [7, 11) is 0. The Morgan fingerprint density at radius 1 is 1.44 bits per heavy atom. The lowest BCUT2D eigenvalue weighted by atomic mass is 9.96. The van der Waals surface area contributed by atoms with Gasteiger partial charge in [0, 0.05) is 17.3 Å². The van der Waals surface area contributed by atoms with Gasteiger partial charge in [0.1, 0.15) is 11.9 Å². The van der Waals surface area contributed by atoms with E-state index < -0.39 is 0 Å². The normalized spacial score (nSPS) is 20.9. The highest BCUT2D eigenvalue weighted by Gasteiger charge is 2.21. The second-order valence-electron chi connectivity index (χ2n) is 3.95. The molecule has 0 saturated heterocycles. The van der Waals surface area contributed by atoms with Gasteiger partial charge in [-0.3, -0.25) is 4.79 Å². The molecule has 0 bridgehead atoms. The molecule has 1 fully saturated rings. The molecule has 1 saturated carbocycles. The van der Waals surface area contributed by atoms with Gasteiger partial charge in [0.15, 0.2) is 11.6 Å². The standard InChI is InChI=1S/C12H12BrFO2/c13-8-4-5-11(14)12(6-8)16-10-3-1-2-9(15)7-10/h4-6,10H,1-3,7H2. The molecule has 0 spiro atoms. The predicted molar refractivity (Wildman–Crippen MR) is 62.0 cm³/mol. The van der Waals surface area contributed by atoms with Gasteiger partial charge in [0.25, 0.3) is 0 Å². The molecular formula is C12H12BrFO2. The first kappa shape index (κ1) is 11.6. The molecule has 86 valence electrons. The van der Waals surface area contributed by atoms with Crippen molar-refractivity contribution in [3.63, 3.8) is 0 Å². The Balaban J connectivity index is 2.08. The third kappa shape index (κ3) is 2.82. The average molecular weight is 287 g/mol. The molecule has 1 aromatic carbocycles. The van der Waals surface area contributed by atoms with Crippen molar-refractivity contribution in [3.05, 3.63) is 28.5 Å². The van der Waals surface area contributed by atoms with E-state index in [2.05, 4.69) is 15.9 Å². The highest BCUT2D eigenvalue weighted by Crippen LogP contribution is 2.26. The first-order valence-electron chi connectivity index (χ1n) is 5.28. The molecule has 0 amide bonds. The Labute approximate surface area is 102 Å². The van der Waals surface area contributed by atoms with Crippen molar-refractivity contribution in [3.8, 4) is 5.75 Å². The number of carbonyl (C=O) groups excluding carboxylic acids is 1. The van der Waals surface area contributed by atoms with E-state index in [1.807, 2.05) is 0 Å². The fourth-order valence-electron chi connectivity index (χ4n) is 1.83. The summed E-state index contributed by atoms with van der Waals surface area (Å²) in [5, 5.41) is 0. The molecule has 2 nitrogen and oxygen atoms in total. The van der Waals surface area contributed by atoms with Crippen molar-refractivity contribution in [1.82, 2.24) is 0 Å². The van der Waals surface area contributed by atoms with Gasteiger partial charge in [-0.1, -0.05) is 15.9 Å². The molecule has 0 N–H and O–H groups in total. The lowest BCUT2D eigenvalue weighted by Gasteiger charge is -2.22. The summed E-state index contributed by atoms with van der Waals surface area (Å²) in [5.41, 5.74) is 0. The van der Waals surface area contributed by atoms with E-state index in [0.717, 1.165) is 17.3 Å². The third-order valence-corrected chi connectivity index (χ3v) is 3.12. The predicted octanol–water partition coefficient (Wildman–Crippen LogP) is 3.48. The zero-order chi connectivity index (χ0) is 11.5. The average Bonchev–Trinajstić information content (AvgIpc) is 2.24. The van der Waals surface area contributed by atoms with Crippen LogP contribution < -0.4 is 4.74 Å². The summed E-state index contributed by atoms with van der Waals surface area (Å²) in [6.07, 6.45) is 2.49. The summed E-state index contributed by atoms with van der Waals surface area (Å²) in [5.74, 6) is 0.0296. The van der Waals surface area contributed by atoms with Crippen molar-refractivity contribution in [2.24, 2.45) is 0 Å². The maximum atomic E-state index is 13.4. The minimum Gasteiger partial charge on any atom is -0.487 e. The summed E-state index contributed by atoms with van der Waals surface area (Å²) >= 11 is 3.26. The minimum absolute atomic E-state index is 0.176. The Kier molecular flexibility index (Phi) is 3.59. The number of hydrogen-bond acceptors (Lipinski definition) is 2. The summed E-state index contributed by atoms with van der Waals surface area (Å²) < 4.78 is 19.7. The van der Waals surface area contributed by atoms with Crippen LogP contribution in [0.3, 0.4) is 0 Å². The molecular weight excluding hydrogens is 275 g/mol. The van der Waals surface area contributed by atoms with Crippen LogP contribution >= 0.6 is 15.9 Å². The molecule has 16 heavy (non-hydrogen) atoms. The van der Waals surface area contributed by atoms with Crippen LogP contribution in [0.15, 0.2) is 22.7 Å². The van der Waals surface area contributed by atoms with Crippen LogP contribution in [0.5, 0.6) is 5.75 Å². The summed E-state index contributed by atoms with van der Waals surface area (Å²) in [6.45, 7) is 0. The number of Topliss-reactive ketones (excluding diaryl/α,β-unsaturated/α-hetero) is 1. The second-order valence-corrected chi connectivity index (χ2v) is 4.87. The topological polar surface area (TPSA) is 26.3 Å². The van der Waals surface area contributed by atoms with Crippen molar-refractivity contribution in [1.29, 1.82) is 0 Å². The van der Waals surface area contributed by atoms with Gasteiger partial charge in [-0.2, -0.15) is 0 Å². The van der Waals surface area contributed by atoms with E-state index in [9.17, 15) is 9.18 Å². The van der Waals surface area contributed by atoms with Crippen molar-refractivity contribution >= 4 is 21.7 Å². The monoisotopic (exact) mass is 286 g/mol. The van der Waals surface area contributed by atoms with E-state index in [1.54, 1.807) is 12.1 Å². The van der Waals surface area contributed by atoms with E-state index in [1.165, 1.54) is 6.07 Å². The lowest BCUT2D eigenvalue weighted by molar-refractivity contribution is -0.122. The second kappa shape index (κ2) is 4.95. The molecule has 2 rings (SSSR count). The van der Waals surface area contributed by atoms with Gasteiger partial charge in [-0.15, -0.1) is 0 Å². The summed E-state index contributed by atoms with van der Waals surface area (Å²) in [4.78, 5) is 11.2. The Bertz CT molecular complexity index is 406. The van der Waals surface area contributed by atoms with Gasteiger partial charge >= 0.3 is 0 Å². The number of benzene rings is 1. The highest BCUT2D eigenvalue weighted by molar-refractivity contribution is 9.10. The van der Waals surface area contributed by atoms with Crippen LogP contribution in [-0.4, -0.2) is 11.9 Å². The summed E-state index contributed by atoms with van der Waals surface area (Å²) in [6, 6.07) is 4.56. The van der Waals surface area contributed by atoms with Gasteiger partial charge in [0.2, 0.25) is 0 Å². The molecule has 0 radical (unpaired) electrons. The van der Waals surface area contributed by atoms with Crippen LogP contribution in [0, 0.1) is 5.82 Å². The van der Waals surface area contributed by atoms with Crippen molar-refractivity contribution < 1.29 is 13.9 Å². The Morgan fingerprint density at radius 3 is 3.00 bits per heavy atom. The van der Waals surface area contributed by atoms with Gasteiger partial charge < -0.3 is 4.74 Å². The maximum Gasteiger partial charge on any atom is 0.165 e. The SMILES string of the molecule is O=C1CCCC(Oc2cc(Br)ccc2F)C1. The molecule has 1 atom stereocenters. The smallest absolute Gasteiger partial charge is 0.165 e. The van der Waals surface area contributed by atoms with Gasteiger partial charge in [-0.25, -0.2) is 4.39 Å². The van der Waals surface area contributed by atoms with Crippen LogP contribution in [0.25, 0.3) is 0 Å². The number of ether oxygens (including phenoxy) is 1. The zero-order valence-electron chi connectivity index (χ0n) is 8.71. The van der Waals surface area contributed by atoms with Gasteiger partial charge in [0.05, 0.1) is 0 Å². The van der Waals surface area contributed by atoms with E-state index in [4.69, 9.17) is 4.74 Å². The van der Waals surface area contributed by atoms with Crippen LogP contribution in [0.1, 0.15) is 25.7 Å². The number of rotatable bonds is 2. The van der Waals surface area contributed by atoms with Crippen molar-refractivity contribution in [2.75, 3.05) is 0 Å². The third-order valence-electron chi connectivity index (χ3n) is 2.62. The van der Waals surface area contributed by atoms with E-state index >= 15 is 0 Å². The van der Waals surface area contributed by atoms with E-state index in [-0.39, 0.29) is 23.5 Å². The molecule has 0 heterocycles. The van der Waals surface area contributed by atoms with Crippen LogP contribution in [0.2, 0.25) is 0 Å². The number of carbonyl (C=O) groups is 1. The lowest BCUT2D eigenvalue weighted by Crippen LogP contribution is -2.25. The van der Waals surface area contributed by atoms with Crippen LogP contribution in [0.4, 0.5) is 4.39 Å². The zero-order valence-corrected chi connectivity index (χ0v) is 10.3. The molecule has 1 aliphatic rings. The molecule has 1 unspecified atom stereocenters. The molecule has 0 aromatic heterocycles. The van der Waals surface area contributed by atoms with Crippen LogP contribution in [-0.2, 0) is 4.79 Å².